The van der Waals surface area contributed by atoms with E-state index in [-0.39, 0.29) is 23.6 Å². The van der Waals surface area contributed by atoms with E-state index in [1.54, 1.807) is 24.0 Å². The molecule has 1 aliphatic rings. The van der Waals surface area contributed by atoms with E-state index in [9.17, 15) is 9.59 Å². The van der Waals surface area contributed by atoms with Crippen LogP contribution in [0, 0.1) is 6.92 Å². The maximum atomic E-state index is 12.3. The van der Waals surface area contributed by atoms with Gasteiger partial charge >= 0.3 is 0 Å². The standard InChI is InChI=1S/C19H21N3O3/c1-14-13-17(25-21-14)19(24)20-16-9-11-22(12-10-16)18(23)8-7-15-5-3-2-4-6-15/h2-8,13,16H,9-12H2,1H3,(H,20,24). The van der Waals surface area contributed by atoms with Gasteiger partial charge in [0, 0.05) is 31.3 Å². The lowest BCUT2D eigenvalue weighted by molar-refractivity contribution is -0.127. The van der Waals surface area contributed by atoms with Crippen molar-refractivity contribution in [1.29, 1.82) is 0 Å². The summed E-state index contributed by atoms with van der Waals surface area (Å²) < 4.78 is 4.97. The van der Waals surface area contributed by atoms with Gasteiger partial charge in [-0.25, -0.2) is 0 Å². The lowest BCUT2D eigenvalue weighted by Crippen LogP contribution is -2.46. The smallest absolute Gasteiger partial charge is 0.290 e. The molecule has 1 N–H and O–H groups in total. The maximum absolute atomic E-state index is 12.3. The van der Waals surface area contributed by atoms with Crippen molar-refractivity contribution in [2.75, 3.05) is 13.1 Å². The van der Waals surface area contributed by atoms with Crippen molar-refractivity contribution in [2.24, 2.45) is 0 Å². The van der Waals surface area contributed by atoms with E-state index in [1.165, 1.54) is 0 Å². The number of piperidine rings is 1. The quantitative estimate of drug-likeness (QED) is 0.868. The number of hydrogen-bond donors (Lipinski definition) is 1. The maximum Gasteiger partial charge on any atom is 0.290 e. The number of nitrogens with zero attached hydrogens (tertiary/aromatic N) is 2. The lowest BCUT2D eigenvalue weighted by atomic mass is 10.0. The fourth-order valence-electron chi connectivity index (χ4n) is 2.81. The summed E-state index contributed by atoms with van der Waals surface area (Å²) in [6, 6.07) is 11.4. The summed E-state index contributed by atoms with van der Waals surface area (Å²) in [6.45, 7) is 3.02. The van der Waals surface area contributed by atoms with Crippen molar-refractivity contribution in [2.45, 2.75) is 25.8 Å². The highest BCUT2D eigenvalue weighted by atomic mass is 16.5. The second-order valence-electron chi connectivity index (χ2n) is 6.15. The van der Waals surface area contributed by atoms with E-state index in [1.807, 2.05) is 36.4 Å². The second-order valence-corrected chi connectivity index (χ2v) is 6.15. The minimum absolute atomic E-state index is 0.000473. The predicted octanol–water partition coefficient (Wildman–Crippen LogP) is 2.42. The number of aryl methyl sites for hydroxylation is 1. The molecule has 1 fully saturated rings. The number of carbonyl (C=O) groups excluding carboxylic acids is 2. The molecule has 0 aliphatic carbocycles. The molecule has 0 radical (unpaired) electrons. The van der Waals surface area contributed by atoms with Gasteiger partial charge in [-0.05, 0) is 31.4 Å². The number of carbonyl (C=O) groups is 2. The molecule has 1 aromatic heterocycles. The first kappa shape index (κ1) is 17.0. The van der Waals surface area contributed by atoms with Crippen LogP contribution in [0.3, 0.4) is 0 Å². The fourth-order valence-corrected chi connectivity index (χ4v) is 2.81. The number of aromatic nitrogens is 1. The highest BCUT2D eigenvalue weighted by Crippen LogP contribution is 2.13. The van der Waals surface area contributed by atoms with E-state index < -0.39 is 0 Å². The van der Waals surface area contributed by atoms with Gasteiger partial charge in [0.15, 0.2) is 0 Å². The van der Waals surface area contributed by atoms with Crippen molar-refractivity contribution in [3.63, 3.8) is 0 Å². The average molecular weight is 339 g/mol. The van der Waals surface area contributed by atoms with Gasteiger partial charge in [0.25, 0.3) is 5.91 Å². The summed E-state index contributed by atoms with van der Waals surface area (Å²) in [6.07, 6.45) is 4.88. The number of benzene rings is 1. The van der Waals surface area contributed by atoms with E-state index in [2.05, 4.69) is 10.5 Å². The van der Waals surface area contributed by atoms with E-state index >= 15 is 0 Å². The Morgan fingerprint density at radius 1 is 1.24 bits per heavy atom. The van der Waals surface area contributed by atoms with Crippen LogP contribution in [0.1, 0.15) is 34.7 Å². The highest BCUT2D eigenvalue weighted by molar-refractivity contribution is 5.92. The molecule has 25 heavy (non-hydrogen) atoms. The molecule has 1 aliphatic heterocycles. The highest BCUT2D eigenvalue weighted by Gasteiger charge is 2.24. The molecule has 2 aromatic rings. The summed E-state index contributed by atoms with van der Waals surface area (Å²) >= 11 is 0. The fraction of sp³-hybridized carbons (Fsp3) is 0.316. The minimum atomic E-state index is -0.255. The zero-order valence-electron chi connectivity index (χ0n) is 14.1. The molecular formula is C19H21N3O3. The molecule has 2 amide bonds. The van der Waals surface area contributed by atoms with Crippen molar-refractivity contribution in [1.82, 2.24) is 15.4 Å². The summed E-state index contributed by atoms with van der Waals surface area (Å²) in [4.78, 5) is 26.1. The van der Waals surface area contributed by atoms with Gasteiger partial charge in [-0.15, -0.1) is 0 Å². The zero-order chi connectivity index (χ0) is 17.6. The second kappa shape index (κ2) is 7.79. The molecule has 0 spiro atoms. The van der Waals surface area contributed by atoms with E-state index in [4.69, 9.17) is 4.52 Å². The van der Waals surface area contributed by atoms with Crippen LogP contribution in [0.15, 0.2) is 47.0 Å². The number of amides is 2. The van der Waals surface area contributed by atoms with Crippen molar-refractivity contribution in [3.8, 4) is 0 Å². The van der Waals surface area contributed by atoms with Crippen molar-refractivity contribution >= 4 is 17.9 Å². The third kappa shape index (κ3) is 4.56. The number of likely N-dealkylation sites (tertiary alicyclic amines) is 1. The van der Waals surface area contributed by atoms with E-state index in [0.717, 1.165) is 18.4 Å². The molecule has 3 rings (SSSR count). The first-order valence-corrected chi connectivity index (χ1v) is 8.38. The third-order valence-corrected chi connectivity index (χ3v) is 4.21. The Morgan fingerprint density at radius 3 is 2.60 bits per heavy atom. The molecule has 6 heteroatoms. The zero-order valence-corrected chi connectivity index (χ0v) is 14.1. The van der Waals surface area contributed by atoms with Crippen LogP contribution in [0.2, 0.25) is 0 Å². The predicted molar refractivity (Wildman–Crippen MR) is 93.8 cm³/mol. The van der Waals surface area contributed by atoms with E-state index in [0.29, 0.717) is 18.8 Å². The SMILES string of the molecule is Cc1cc(C(=O)NC2CCN(C(=O)C=Cc3ccccc3)CC2)on1. The van der Waals surface area contributed by atoms with Crippen LogP contribution in [0.25, 0.3) is 6.08 Å². The number of hydrogen-bond acceptors (Lipinski definition) is 4. The molecule has 0 unspecified atom stereocenters. The first-order chi connectivity index (χ1) is 12.1. The summed E-state index contributed by atoms with van der Waals surface area (Å²) in [5.41, 5.74) is 1.68. The molecule has 1 aromatic carbocycles. The van der Waals surface area contributed by atoms with Gasteiger partial charge in [0.1, 0.15) is 0 Å². The molecular weight excluding hydrogens is 318 g/mol. The molecule has 2 heterocycles. The van der Waals surface area contributed by atoms with Gasteiger partial charge < -0.3 is 14.7 Å². The van der Waals surface area contributed by atoms with Crippen LogP contribution in [-0.2, 0) is 4.79 Å². The average Bonchev–Trinajstić information content (AvgIpc) is 3.08. The largest absolute Gasteiger partial charge is 0.351 e. The topological polar surface area (TPSA) is 75.4 Å². The molecule has 0 bridgehead atoms. The number of nitrogens with one attached hydrogen (secondary N) is 1. The van der Waals surface area contributed by atoms with Gasteiger partial charge in [-0.2, -0.15) is 0 Å². The van der Waals surface area contributed by atoms with Gasteiger partial charge in [0.05, 0.1) is 5.69 Å². The molecule has 1 saturated heterocycles. The van der Waals surface area contributed by atoms with Crippen LogP contribution < -0.4 is 5.32 Å². The Labute approximate surface area is 146 Å². The monoisotopic (exact) mass is 339 g/mol. The van der Waals surface area contributed by atoms with Gasteiger partial charge in [0.2, 0.25) is 11.7 Å². The van der Waals surface area contributed by atoms with Crippen LogP contribution in [0.4, 0.5) is 0 Å². The van der Waals surface area contributed by atoms with Crippen LogP contribution >= 0.6 is 0 Å². The first-order valence-electron chi connectivity index (χ1n) is 8.38. The Kier molecular flexibility index (Phi) is 5.28. The van der Waals surface area contributed by atoms with Crippen molar-refractivity contribution in [3.05, 3.63) is 59.5 Å². The molecule has 0 atom stereocenters. The summed E-state index contributed by atoms with van der Waals surface area (Å²) in [7, 11) is 0. The third-order valence-electron chi connectivity index (χ3n) is 4.21. The Balaban J connectivity index is 1.47. The van der Waals surface area contributed by atoms with Crippen molar-refractivity contribution < 1.29 is 14.1 Å². The Morgan fingerprint density at radius 2 is 1.96 bits per heavy atom. The Hall–Kier alpha value is -2.89. The normalized spacial score (nSPS) is 15.5. The van der Waals surface area contributed by atoms with Gasteiger partial charge in [-0.3, -0.25) is 9.59 Å². The minimum Gasteiger partial charge on any atom is -0.351 e. The number of rotatable bonds is 4. The molecule has 6 nitrogen and oxygen atoms in total. The Bertz CT molecular complexity index is 759. The summed E-state index contributed by atoms with van der Waals surface area (Å²) in [5, 5.41) is 6.65. The van der Waals surface area contributed by atoms with Gasteiger partial charge in [-0.1, -0.05) is 35.5 Å². The molecule has 0 saturated carbocycles. The molecule has 130 valence electrons. The lowest BCUT2D eigenvalue weighted by Gasteiger charge is -2.31. The van der Waals surface area contributed by atoms with Crippen LogP contribution in [0.5, 0.6) is 0 Å². The van der Waals surface area contributed by atoms with Crippen LogP contribution in [-0.4, -0.2) is 41.0 Å². The summed E-state index contributed by atoms with van der Waals surface area (Å²) in [5.74, 6) is -0.0318.